The van der Waals surface area contributed by atoms with Crippen molar-refractivity contribution in [3.8, 4) is 0 Å². The smallest absolute Gasteiger partial charge is 0.305 e. The minimum absolute atomic E-state index is 0.0350. The number of fused-ring (bicyclic) bond motifs is 3. The summed E-state index contributed by atoms with van der Waals surface area (Å²) >= 11 is 0. The normalized spacial score (nSPS) is 20.6. The minimum Gasteiger partial charge on any atom is -0.481 e. The molecule has 2 aliphatic carbocycles. The van der Waals surface area contributed by atoms with Gasteiger partial charge in [-0.25, -0.2) is 0 Å². The summed E-state index contributed by atoms with van der Waals surface area (Å²) in [6.07, 6.45) is 30.1. The van der Waals surface area contributed by atoms with Crippen LogP contribution >= 0.6 is 0 Å². The summed E-state index contributed by atoms with van der Waals surface area (Å²) in [5, 5.41) is 20.2. The summed E-state index contributed by atoms with van der Waals surface area (Å²) in [5.41, 5.74) is 18.0. The Labute approximate surface area is 519 Å². The van der Waals surface area contributed by atoms with Crippen molar-refractivity contribution in [1.29, 1.82) is 0 Å². The number of carboxylic acids is 1. The third-order valence-corrected chi connectivity index (χ3v) is 19.1. The number of hydrogen-bond acceptors (Lipinski definition) is 6. The molecule has 4 aromatic carbocycles. The molecule has 4 N–H and O–H groups in total. The largest absolute Gasteiger partial charge is 0.481 e. The predicted molar refractivity (Wildman–Crippen MR) is 359 cm³/mol. The molecule has 11 heteroatoms. The molecule has 0 aromatic heterocycles. The fourth-order valence-corrected chi connectivity index (χ4v) is 14.2. The topological polar surface area (TPSA) is 120 Å². The fraction of sp³-hybridized carbons (Fsp3) is 0.434. The number of rotatable bonds is 24. The van der Waals surface area contributed by atoms with Crippen molar-refractivity contribution < 1.29 is 28.6 Å². The molecule has 0 spiro atoms. The molecule has 1 saturated carbocycles. The van der Waals surface area contributed by atoms with E-state index in [1.807, 2.05) is 24.3 Å². The van der Waals surface area contributed by atoms with E-state index in [9.17, 15) is 19.5 Å². The van der Waals surface area contributed by atoms with Crippen LogP contribution in [-0.4, -0.2) is 89.3 Å². The maximum absolute atomic E-state index is 13.7. The van der Waals surface area contributed by atoms with E-state index < -0.39 is 5.97 Å². The van der Waals surface area contributed by atoms with Gasteiger partial charge in [0.2, 0.25) is 23.2 Å². The van der Waals surface area contributed by atoms with Gasteiger partial charge in [-0.15, -0.1) is 0 Å². The highest BCUT2D eigenvalue weighted by Crippen LogP contribution is 2.47. The standard InChI is InChI=1S/C76H95N7O4/c1-53(2)62(82(52-49-72(86)87)63-34-21-17-27-54(63)3)33-14-12-15-38-69-76(8,9)61-32-20-24-37-66(61)83(69)51-48-71(85)79-58-44-42-57(43-45-58)78-70(84)39-16-13-25-50-77-73-55(40-46-67-74(4,5)59-30-18-22-35-64(59)80(67)10)28-26-29-56(73)41-47-68-75(6,7)60-31-19-23-36-65(60)81(68)11/h12,14-15,17-24,27,30-38,40-41,46-47,53,57-58H,13,16,25-26,28-29,39,42-45,48-52H2,1-11H3,(H2-,78,79,84,85,86,87)/p+2/b55-40+,67-46+/t57-,58-. The summed E-state index contributed by atoms with van der Waals surface area (Å²) < 4.78 is 4.65. The number of allylic oxidation sites excluding steroid dienone is 13. The van der Waals surface area contributed by atoms with Crippen LogP contribution in [-0.2, 0) is 30.6 Å². The molecule has 9 rings (SSSR count). The Kier molecular flexibility index (Phi) is 20.4. The summed E-state index contributed by atoms with van der Waals surface area (Å²) in [4.78, 5) is 43.2. The van der Waals surface area contributed by atoms with Crippen LogP contribution < -0.4 is 25.8 Å². The van der Waals surface area contributed by atoms with Crippen molar-refractivity contribution >= 4 is 52.0 Å². The second-order valence-corrected chi connectivity index (χ2v) is 26.5. The monoisotopic (exact) mass is 1170 g/mol. The fourth-order valence-electron chi connectivity index (χ4n) is 14.2. The highest BCUT2D eigenvalue weighted by molar-refractivity contribution is 6.04. The number of para-hydroxylation sites is 4. The molecular weight excluding hydrogens is 1070 g/mol. The molecule has 87 heavy (non-hydrogen) atoms. The maximum atomic E-state index is 13.7. The number of aliphatic carboxylic acids is 1. The van der Waals surface area contributed by atoms with Crippen LogP contribution in [0.1, 0.15) is 161 Å². The third-order valence-electron chi connectivity index (χ3n) is 19.1. The number of nitrogens with zero attached hydrogens (tertiary/aromatic N) is 4. The SMILES string of the molecule is Cc1ccccc1N(CCC(=O)O)/C(=C/C=C/C=C/C1=[N+](CCC(=O)N[C@H]2CC[C@H](NC(=O)CCCCCNC3=C(/C=C/C4=[N+](C)c5ccccc5C4(C)C)CCC/C3=C\C=C3\N(C)c4ccccc4C3(C)C)CC2)c2ccccc2C1(C)C)C(C)C. The number of unbranched alkanes of at least 4 members (excludes halogenated alkanes) is 2. The molecule has 458 valence electrons. The summed E-state index contributed by atoms with van der Waals surface area (Å²) in [7, 11) is 4.38. The molecule has 11 nitrogen and oxygen atoms in total. The van der Waals surface area contributed by atoms with Crippen LogP contribution in [0, 0.1) is 12.8 Å². The zero-order valence-corrected chi connectivity index (χ0v) is 53.9. The van der Waals surface area contributed by atoms with Crippen molar-refractivity contribution in [2.45, 2.75) is 174 Å². The number of anilines is 2. The van der Waals surface area contributed by atoms with Crippen LogP contribution in [0.15, 0.2) is 180 Å². The molecule has 3 aliphatic heterocycles. The van der Waals surface area contributed by atoms with E-state index in [2.05, 4.69) is 239 Å². The van der Waals surface area contributed by atoms with Crippen LogP contribution in [0.25, 0.3) is 0 Å². The van der Waals surface area contributed by atoms with E-state index in [-0.39, 0.29) is 52.5 Å². The Hall–Kier alpha value is -7.79. The van der Waals surface area contributed by atoms with Crippen molar-refractivity contribution in [1.82, 2.24) is 16.0 Å². The Bertz CT molecular complexity index is 3500. The van der Waals surface area contributed by atoms with E-state index in [0.29, 0.717) is 25.9 Å². The number of amides is 2. The van der Waals surface area contributed by atoms with E-state index in [4.69, 9.17) is 0 Å². The molecule has 3 heterocycles. The zero-order valence-electron chi connectivity index (χ0n) is 53.9. The van der Waals surface area contributed by atoms with Gasteiger partial charge in [0.15, 0.2) is 18.0 Å². The molecule has 0 atom stereocenters. The van der Waals surface area contributed by atoms with E-state index in [1.54, 1.807) is 0 Å². The van der Waals surface area contributed by atoms with Gasteiger partial charge in [-0.05, 0) is 145 Å². The molecule has 1 fully saturated rings. The molecule has 4 aromatic rings. The number of nitrogens with one attached hydrogen (secondary N) is 3. The van der Waals surface area contributed by atoms with Crippen LogP contribution in [0.3, 0.4) is 0 Å². The van der Waals surface area contributed by atoms with Crippen molar-refractivity contribution in [2.24, 2.45) is 5.92 Å². The van der Waals surface area contributed by atoms with Crippen LogP contribution in [0.2, 0.25) is 0 Å². The summed E-state index contributed by atoms with van der Waals surface area (Å²) in [6.45, 7) is 21.9. The maximum Gasteiger partial charge on any atom is 0.305 e. The molecule has 5 aliphatic rings. The van der Waals surface area contributed by atoms with Crippen LogP contribution in [0.5, 0.6) is 0 Å². The van der Waals surface area contributed by atoms with Crippen molar-refractivity contribution in [2.75, 3.05) is 43.5 Å². The average Bonchev–Trinajstić information content (AvgIpc) is 1.69. The average molecular weight is 1170 g/mol. The van der Waals surface area contributed by atoms with E-state index >= 15 is 0 Å². The molecule has 2 amide bonds. The third kappa shape index (κ3) is 14.5. The lowest BCUT2D eigenvalue weighted by Gasteiger charge is -2.31. The van der Waals surface area contributed by atoms with E-state index in [1.165, 1.54) is 56.3 Å². The number of benzene rings is 4. The molecule has 0 radical (unpaired) electrons. The lowest BCUT2D eigenvalue weighted by molar-refractivity contribution is -0.436. The van der Waals surface area contributed by atoms with Gasteiger partial charge in [0.25, 0.3) is 0 Å². The zero-order chi connectivity index (χ0) is 62.0. The first-order valence-electron chi connectivity index (χ1n) is 32.2. The number of hydrogen-bond donors (Lipinski definition) is 4. The number of carbonyl (C=O) groups excluding carboxylic acids is 2. The second kappa shape index (κ2) is 27.9. The molecular formula is C76H97N7O4+2. The number of likely N-dealkylation sites (N-methyl/N-ethyl adjacent to an activating group) is 1. The molecule has 0 bridgehead atoms. The van der Waals surface area contributed by atoms with Gasteiger partial charge in [-0.2, -0.15) is 9.15 Å². The van der Waals surface area contributed by atoms with Gasteiger partial charge in [-0.3, -0.25) is 14.4 Å². The number of carboxylic acid groups (broad SMARTS) is 1. The second-order valence-electron chi connectivity index (χ2n) is 26.5. The van der Waals surface area contributed by atoms with Crippen LogP contribution in [0.4, 0.5) is 22.7 Å². The first-order chi connectivity index (χ1) is 41.7. The van der Waals surface area contributed by atoms with Gasteiger partial charge in [-0.1, -0.05) is 137 Å². The lowest BCUT2D eigenvalue weighted by atomic mass is 9.81. The van der Waals surface area contributed by atoms with Gasteiger partial charge in [0.1, 0.15) is 7.05 Å². The Morgan fingerprint density at radius 2 is 1.30 bits per heavy atom. The lowest BCUT2D eigenvalue weighted by Crippen LogP contribution is -2.44. The predicted octanol–water partition coefficient (Wildman–Crippen LogP) is 15.0. The molecule has 0 saturated heterocycles. The van der Waals surface area contributed by atoms with Crippen molar-refractivity contribution in [3.63, 3.8) is 0 Å². The van der Waals surface area contributed by atoms with Gasteiger partial charge in [0, 0.05) is 108 Å². The first-order valence-corrected chi connectivity index (χ1v) is 32.2. The Morgan fingerprint density at radius 1 is 0.678 bits per heavy atom. The summed E-state index contributed by atoms with van der Waals surface area (Å²) in [6, 6.07) is 34.3. The highest BCUT2D eigenvalue weighted by atomic mass is 16.4. The molecule has 0 unspecified atom stereocenters. The first kappa shape index (κ1) is 63.7. The van der Waals surface area contributed by atoms with Gasteiger partial charge >= 0.3 is 5.97 Å². The number of carbonyl (C=O) groups is 3. The van der Waals surface area contributed by atoms with E-state index in [0.717, 1.165) is 99.1 Å². The number of aryl methyl sites for hydroxylation is 1. The van der Waals surface area contributed by atoms with Gasteiger partial charge < -0.3 is 30.9 Å². The van der Waals surface area contributed by atoms with Gasteiger partial charge in [0.05, 0.1) is 23.7 Å². The quantitative estimate of drug-likeness (QED) is 0.0313. The highest BCUT2D eigenvalue weighted by Gasteiger charge is 2.45. The minimum atomic E-state index is -0.823. The summed E-state index contributed by atoms with van der Waals surface area (Å²) in [5.74, 6) is -0.493. The van der Waals surface area contributed by atoms with Crippen molar-refractivity contribution in [3.05, 3.63) is 202 Å². The Balaban J connectivity index is 0.760. The Morgan fingerprint density at radius 3 is 1.97 bits per heavy atom.